The van der Waals surface area contributed by atoms with Crippen LogP contribution in [0.2, 0.25) is 5.02 Å². The van der Waals surface area contributed by atoms with Crippen LogP contribution in [0.25, 0.3) is 0 Å². The van der Waals surface area contributed by atoms with E-state index < -0.39 is 0 Å². The SMILES string of the molecule is CCOC(C)c1c(F)cccc1Cl. The smallest absolute Gasteiger partial charge is 0.130 e. The first-order valence-electron chi connectivity index (χ1n) is 4.22. The minimum Gasteiger partial charge on any atom is -0.374 e. The lowest BCUT2D eigenvalue weighted by atomic mass is 10.1. The minimum atomic E-state index is -0.312. The van der Waals surface area contributed by atoms with Gasteiger partial charge in [-0.2, -0.15) is 0 Å². The molecule has 0 aliphatic carbocycles. The van der Waals surface area contributed by atoms with E-state index in [4.69, 9.17) is 16.3 Å². The Bertz CT molecular complexity index is 268. The van der Waals surface area contributed by atoms with Crippen molar-refractivity contribution >= 4 is 11.6 Å². The van der Waals surface area contributed by atoms with E-state index in [0.717, 1.165) is 0 Å². The monoisotopic (exact) mass is 202 g/mol. The number of rotatable bonds is 3. The van der Waals surface area contributed by atoms with E-state index in [2.05, 4.69) is 0 Å². The first-order chi connectivity index (χ1) is 6.16. The van der Waals surface area contributed by atoms with Gasteiger partial charge in [0, 0.05) is 17.2 Å². The Morgan fingerprint density at radius 1 is 1.54 bits per heavy atom. The Hall–Kier alpha value is -0.600. The van der Waals surface area contributed by atoms with Gasteiger partial charge in [-0.3, -0.25) is 0 Å². The Balaban J connectivity index is 2.98. The lowest BCUT2D eigenvalue weighted by molar-refractivity contribution is 0.0739. The molecule has 1 nitrogen and oxygen atoms in total. The Morgan fingerprint density at radius 3 is 2.77 bits per heavy atom. The molecule has 0 radical (unpaired) electrons. The summed E-state index contributed by atoms with van der Waals surface area (Å²) in [4.78, 5) is 0. The molecule has 0 spiro atoms. The molecule has 13 heavy (non-hydrogen) atoms. The van der Waals surface area contributed by atoms with Gasteiger partial charge >= 0.3 is 0 Å². The maximum absolute atomic E-state index is 13.3. The molecule has 1 aromatic rings. The number of hydrogen-bond acceptors (Lipinski definition) is 1. The minimum absolute atomic E-state index is 0.293. The van der Waals surface area contributed by atoms with Crippen molar-refractivity contribution in [3.05, 3.63) is 34.6 Å². The van der Waals surface area contributed by atoms with Crippen LogP contribution in [-0.4, -0.2) is 6.61 Å². The average Bonchev–Trinajstić information content (AvgIpc) is 2.04. The van der Waals surface area contributed by atoms with Crippen molar-refractivity contribution < 1.29 is 9.13 Å². The van der Waals surface area contributed by atoms with Crippen molar-refractivity contribution in [2.24, 2.45) is 0 Å². The predicted molar refractivity (Wildman–Crippen MR) is 51.5 cm³/mol. The fourth-order valence-electron chi connectivity index (χ4n) is 1.23. The topological polar surface area (TPSA) is 9.23 Å². The van der Waals surface area contributed by atoms with Gasteiger partial charge in [-0.05, 0) is 26.0 Å². The summed E-state index contributed by atoms with van der Waals surface area (Å²) in [5.41, 5.74) is 0.436. The number of hydrogen-bond donors (Lipinski definition) is 0. The molecule has 1 aromatic carbocycles. The predicted octanol–water partition coefficient (Wildman–Crippen LogP) is 3.58. The first kappa shape index (κ1) is 10.5. The first-order valence-corrected chi connectivity index (χ1v) is 4.60. The molecule has 0 aliphatic heterocycles. The maximum atomic E-state index is 13.3. The second kappa shape index (κ2) is 4.58. The summed E-state index contributed by atoms with van der Waals surface area (Å²) >= 11 is 5.84. The van der Waals surface area contributed by atoms with Crippen molar-refractivity contribution in [2.45, 2.75) is 20.0 Å². The van der Waals surface area contributed by atoms with E-state index in [-0.39, 0.29) is 11.9 Å². The molecule has 0 fully saturated rings. The van der Waals surface area contributed by atoms with Gasteiger partial charge in [0.2, 0.25) is 0 Å². The summed E-state index contributed by atoms with van der Waals surface area (Å²) < 4.78 is 18.5. The number of benzene rings is 1. The largest absolute Gasteiger partial charge is 0.374 e. The molecule has 0 aliphatic rings. The normalized spacial score (nSPS) is 12.9. The molecule has 0 aromatic heterocycles. The van der Waals surface area contributed by atoms with Crippen LogP contribution in [0.5, 0.6) is 0 Å². The van der Waals surface area contributed by atoms with Crippen LogP contribution in [0, 0.1) is 5.82 Å². The van der Waals surface area contributed by atoms with Crippen LogP contribution >= 0.6 is 11.6 Å². The number of ether oxygens (including phenoxy) is 1. The zero-order valence-electron chi connectivity index (χ0n) is 7.68. The molecule has 1 atom stereocenters. The van der Waals surface area contributed by atoms with Crippen LogP contribution in [0.15, 0.2) is 18.2 Å². The summed E-state index contributed by atoms with van der Waals surface area (Å²) in [6.07, 6.45) is -0.293. The van der Waals surface area contributed by atoms with Gasteiger partial charge in [-0.1, -0.05) is 17.7 Å². The quantitative estimate of drug-likeness (QED) is 0.728. The van der Waals surface area contributed by atoms with Crippen molar-refractivity contribution in [3.8, 4) is 0 Å². The van der Waals surface area contributed by atoms with Crippen molar-refractivity contribution in [3.63, 3.8) is 0 Å². The second-order valence-electron chi connectivity index (χ2n) is 2.73. The fraction of sp³-hybridized carbons (Fsp3) is 0.400. The maximum Gasteiger partial charge on any atom is 0.130 e. The molecule has 0 amide bonds. The van der Waals surface area contributed by atoms with Crippen molar-refractivity contribution in [1.82, 2.24) is 0 Å². The highest BCUT2D eigenvalue weighted by Crippen LogP contribution is 2.27. The summed E-state index contributed by atoms with van der Waals surface area (Å²) in [6.45, 7) is 4.20. The molecular formula is C10H12ClFO. The molecule has 0 saturated carbocycles. The second-order valence-corrected chi connectivity index (χ2v) is 3.14. The highest BCUT2D eigenvalue weighted by atomic mass is 35.5. The molecule has 1 unspecified atom stereocenters. The van der Waals surface area contributed by atoms with Crippen LogP contribution in [0.4, 0.5) is 4.39 Å². The molecule has 72 valence electrons. The van der Waals surface area contributed by atoms with E-state index in [1.54, 1.807) is 19.1 Å². The van der Waals surface area contributed by atoms with Crippen LogP contribution < -0.4 is 0 Å². The summed E-state index contributed by atoms with van der Waals surface area (Å²) in [6, 6.07) is 4.63. The lowest BCUT2D eigenvalue weighted by Gasteiger charge is -2.14. The highest BCUT2D eigenvalue weighted by Gasteiger charge is 2.13. The summed E-state index contributed by atoms with van der Waals surface area (Å²) in [5, 5.41) is 0.418. The zero-order chi connectivity index (χ0) is 9.84. The van der Waals surface area contributed by atoms with Gasteiger partial charge in [0.25, 0.3) is 0 Å². The number of halogens is 2. The van der Waals surface area contributed by atoms with E-state index in [9.17, 15) is 4.39 Å². The van der Waals surface area contributed by atoms with E-state index >= 15 is 0 Å². The Kier molecular flexibility index (Phi) is 3.70. The standard InChI is InChI=1S/C10H12ClFO/c1-3-13-7(2)10-8(11)5-4-6-9(10)12/h4-7H,3H2,1-2H3. The fourth-order valence-corrected chi connectivity index (χ4v) is 1.55. The third-order valence-corrected chi connectivity index (χ3v) is 2.15. The van der Waals surface area contributed by atoms with Gasteiger partial charge in [-0.25, -0.2) is 4.39 Å². The molecule has 0 N–H and O–H groups in total. The molecule has 0 bridgehead atoms. The van der Waals surface area contributed by atoms with Gasteiger partial charge in [-0.15, -0.1) is 0 Å². The Morgan fingerprint density at radius 2 is 2.23 bits per heavy atom. The average molecular weight is 203 g/mol. The lowest BCUT2D eigenvalue weighted by Crippen LogP contribution is -2.02. The van der Waals surface area contributed by atoms with Crippen LogP contribution in [0.3, 0.4) is 0 Å². The summed E-state index contributed by atoms with van der Waals surface area (Å²) in [7, 11) is 0. The van der Waals surface area contributed by atoms with Crippen molar-refractivity contribution in [1.29, 1.82) is 0 Å². The van der Waals surface area contributed by atoms with E-state index in [1.165, 1.54) is 6.07 Å². The molecule has 3 heteroatoms. The summed E-state index contributed by atoms with van der Waals surface area (Å²) in [5.74, 6) is -0.312. The third-order valence-electron chi connectivity index (χ3n) is 1.82. The Labute approximate surface area is 82.5 Å². The van der Waals surface area contributed by atoms with E-state index in [0.29, 0.717) is 17.2 Å². The third kappa shape index (κ3) is 2.42. The van der Waals surface area contributed by atoms with Gasteiger partial charge in [0.1, 0.15) is 5.82 Å². The zero-order valence-corrected chi connectivity index (χ0v) is 8.44. The highest BCUT2D eigenvalue weighted by molar-refractivity contribution is 6.31. The molecular weight excluding hydrogens is 191 g/mol. The van der Waals surface area contributed by atoms with Crippen LogP contribution in [-0.2, 0) is 4.74 Å². The molecule has 0 saturated heterocycles. The molecule has 0 heterocycles. The molecule has 1 rings (SSSR count). The van der Waals surface area contributed by atoms with Gasteiger partial charge in [0.15, 0.2) is 0 Å². The van der Waals surface area contributed by atoms with E-state index in [1.807, 2.05) is 6.92 Å². The van der Waals surface area contributed by atoms with Gasteiger partial charge < -0.3 is 4.74 Å². The van der Waals surface area contributed by atoms with Crippen molar-refractivity contribution in [2.75, 3.05) is 6.61 Å². The van der Waals surface area contributed by atoms with Gasteiger partial charge in [0.05, 0.1) is 6.10 Å². The van der Waals surface area contributed by atoms with Crippen LogP contribution in [0.1, 0.15) is 25.5 Å².